The maximum atomic E-state index is 12.5. The second-order valence-corrected chi connectivity index (χ2v) is 11.0. The van der Waals surface area contributed by atoms with Gasteiger partial charge in [-0.1, -0.05) is 30.1 Å². The van der Waals surface area contributed by atoms with Crippen LogP contribution >= 0.6 is 23.2 Å². The molecule has 13 heteroatoms. The molecule has 0 radical (unpaired) electrons. The van der Waals surface area contributed by atoms with Crippen LogP contribution in [0.1, 0.15) is 39.7 Å². The number of rotatable bonds is 4. The summed E-state index contributed by atoms with van der Waals surface area (Å²) >= 11 is 12.9. The number of halogens is 2. The summed E-state index contributed by atoms with van der Waals surface area (Å²) in [5.41, 5.74) is -1.43. The van der Waals surface area contributed by atoms with Gasteiger partial charge in [0.2, 0.25) is 11.7 Å². The zero-order valence-corrected chi connectivity index (χ0v) is 22.3. The number of ether oxygens (including phenoxy) is 2. The molecule has 2 heterocycles. The summed E-state index contributed by atoms with van der Waals surface area (Å²) < 4.78 is 11.9. The van der Waals surface area contributed by atoms with Crippen molar-refractivity contribution >= 4 is 46.7 Å². The van der Waals surface area contributed by atoms with Crippen molar-refractivity contribution in [3.05, 3.63) is 66.8 Å². The number of fused-ring (bicyclic) bond motifs is 2. The molecule has 38 heavy (non-hydrogen) atoms. The minimum absolute atomic E-state index is 0.0167. The highest BCUT2D eigenvalue weighted by Crippen LogP contribution is 2.60. The van der Waals surface area contributed by atoms with E-state index in [0.29, 0.717) is 5.75 Å². The van der Waals surface area contributed by atoms with Gasteiger partial charge in [0.1, 0.15) is 11.4 Å². The Morgan fingerprint density at radius 2 is 1.82 bits per heavy atom. The number of aromatic amines is 1. The first kappa shape index (κ1) is 25.8. The van der Waals surface area contributed by atoms with E-state index in [-0.39, 0.29) is 33.3 Å². The van der Waals surface area contributed by atoms with E-state index in [0.717, 1.165) is 22.4 Å². The molecular formula is C25H23Cl2N5O6. The number of hydrogen-bond acceptors (Lipinski definition) is 7. The quantitative estimate of drug-likeness (QED) is 0.423. The molecule has 0 saturated heterocycles. The van der Waals surface area contributed by atoms with Gasteiger partial charge < -0.3 is 14.8 Å². The van der Waals surface area contributed by atoms with Gasteiger partial charge in [-0.3, -0.25) is 19.9 Å². The molecule has 2 aromatic carbocycles. The van der Waals surface area contributed by atoms with Crippen LogP contribution in [0.2, 0.25) is 10.0 Å². The highest BCUT2D eigenvalue weighted by atomic mass is 35.5. The van der Waals surface area contributed by atoms with Crippen molar-refractivity contribution in [1.29, 1.82) is 0 Å². The van der Waals surface area contributed by atoms with E-state index in [1.54, 1.807) is 39.0 Å². The van der Waals surface area contributed by atoms with Gasteiger partial charge in [-0.25, -0.2) is 9.59 Å². The van der Waals surface area contributed by atoms with Crippen LogP contribution in [0.5, 0.6) is 11.5 Å². The third-order valence-corrected chi connectivity index (χ3v) is 6.89. The van der Waals surface area contributed by atoms with E-state index < -0.39 is 34.2 Å². The molecule has 3 N–H and O–H groups in total. The average Bonchev–Trinajstić information content (AvgIpc) is 3.41. The van der Waals surface area contributed by atoms with E-state index >= 15 is 0 Å². The second-order valence-electron chi connectivity index (χ2n) is 10.2. The van der Waals surface area contributed by atoms with Crippen LogP contribution in [-0.4, -0.2) is 32.4 Å². The Labute approximate surface area is 226 Å². The van der Waals surface area contributed by atoms with Crippen molar-refractivity contribution in [3.8, 4) is 17.2 Å². The van der Waals surface area contributed by atoms with Crippen LogP contribution in [-0.2, 0) is 14.9 Å². The number of anilines is 2. The number of carbonyl (C=O) groups excluding carboxylic acids is 2. The lowest BCUT2D eigenvalue weighted by molar-refractivity contribution is -0.118. The summed E-state index contributed by atoms with van der Waals surface area (Å²) in [5, 5.41) is 9.18. The van der Waals surface area contributed by atoms with E-state index in [4.69, 9.17) is 32.7 Å². The Morgan fingerprint density at radius 3 is 2.42 bits per heavy atom. The van der Waals surface area contributed by atoms with Crippen molar-refractivity contribution in [3.63, 3.8) is 0 Å². The third-order valence-electron chi connectivity index (χ3n) is 6.33. The van der Waals surface area contributed by atoms with Crippen LogP contribution in [0.4, 0.5) is 16.3 Å². The molecule has 1 spiro atoms. The topological polar surface area (TPSA) is 144 Å². The van der Waals surface area contributed by atoms with Crippen LogP contribution in [0.25, 0.3) is 5.69 Å². The lowest BCUT2D eigenvalue weighted by Gasteiger charge is -2.19. The summed E-state index contributed by atoms with van der Waals surface area (Å²) in [4.78, 5) is 51.3. The first-order chi connectivity index (χ1) is 17.8. The first-order valence-electron chi connectivity index (χ1n) is 11.7. The van der Waals surface area contributed by atoms with Crippen LogP contribution in [0.3, 0.4) is 0 Å². The molecule has 2 unspecified atom stereocenters. The lowest BCUT2D eigenvalue weighted by Crippen LogP contribution is -2.36. The minimum atomic E-state index is -0.922. The highest BCUT2D eigenvalue weighted by molar-refractivity contribution is 6.37. The largest absolute Gasteiger partial charge is 0.454 e. The number of carbonyl (C=O) groups is 2. The van der Waals surface area contributed by atoms with Gasteiger partial charge in [0, 0.05) is 5.69 Å². The molecule has 0 bridgehead atoms. The predicted molar refractivity (Wildman–Crippen MR) is 141 cm³/mol. The second kappa shape index (κ2) is 8.88. The average molecular weight is 560 g/mol. The fourth-order valence-corrected chi connectivity index (χ4v) is 5.03. The molecule has 1 aliphatic heterocycles. The molecule has 2 atom stereocenters. The van der Waals surface area contributed by atoms with Gasteiger partial charge >= 0.3 is 11.8 Å². The van der Waals surface area contributed by atoms with Crippen LogP contribution in [0.15, 0.2) is 39.9 Å². The molecule has 1 aliphatic carbocycles. The molecule has 198 valence electrons. The molecule has 1 aromatic heterocycles. The summed E-state index contributed by atoms with van der Waals surface area (Å²) in [7, 11) is 0. The Bertz CT molecular complexity index is 1600. The Morgan fingerprint density at radius 1 is 1.16 bits per heavy atom. The summed E-state index contributed by atoms with van der Waals surface area (Å²) in [6.07, 6.45) is -0.161. The van der Waals surface area contributed by atoms with Gasteiger partial charge in [0.25, 0.3) is 5.56 Å². The Kier molecular flexibility index (Phi) is 6.03. The number of nitrogens with zero attached hydrogens (tertiary/aromatic N) is 2. The maximum Gasteiger partial charge on any atom is 0.413 e. The zero-order valence-electron chi connectivity index (χ0n) is 20.8. The fraction of sp³-hybridized carbons (Fsp3) is 0.320. The van der Waals surface area contributed by atoms with Crippen molar-refractivity contribution in [2.24, 2.45) is 5.92 Å². The molecule has 1 saturated carbocycles. The number of aromatic nitrogens is 3. The summed E-state index contributed by atoms with van der Waals surface area (Å²) in [6, 6.07) is 7.99. The highest BCUT2D eigenvalue weighted by Gasteiger charge is 2.62. The number of amides is 2. The van der Waals surface area contributed by atoms with Crippen molar-refractivity contribution < 1.29 is 19.1 Å². The van der Waals surface area contributed by atoms with Crippen LogP contribution < -0.4 is 26.6 Å². The molecule has 5 rings (SSSR count). The zero-order chi connectivity index (χ0) is 27.6. The lowest BCUT2D eigenvalue weighted by atomic mass is 9.95. The summed E-state index contributed by atoms with van der Waals surface area (Å²) in [6.45, 7) is 6.99. The normalized spacial score (nSPS) is 19.6. The van der Waals surface area contributed by atoms with Gasteiger partial charge in [-0.15, -0.1) is 5.10 Å². The Hall–Kier alpha value is -3.83. The van der Waals surface area contributed by atoms with Crippen molar-refractivity contribution in [1.82, 2.24) is 14.8 Å². The number of benzene rings is 2. The molecule has 2 amide bonds. The molecule has 11 nitrogen and oxygen atoms in total. The maximum absolute atomic E-state index is 12.5. The van der Waals surface area contributed by atoms with Gasteiger partial charge in [-0.05, 0) is 69.0 Å². The SMILES string of the molecule is CC1CC12C(=O)Nc1ccc(Oc3c(Cl)cc(-n4nc(NC(=O)OC(C)(C)C)c(=O)[nH]c4=O)cc3Cl)cc12. The minimum Gasteiger partial charge on any atom is -0.454 e. The van der Waals surface area contributed by atoms with Gasteiger partial charge in [-0.2, -0.15) is 4.68 Å². The monoisotopic (exact) mass is 559 g/mol. The van der Waals surface area contributed by atoms with E-state index in [9.17, 15) is 19.2 Å². The van der Waals surface area contributed by atoms with Gasteiger partial charge in [0.05, 0.1) is 21.1 Å². The van der Waals surface area contributed by atoms with Crippen molar-refractivity contribution in [2.75, 3.05) is 10.6 Å². The fourth-order valence-electron chi connectivity index (χ4n) is 4.48. The number of H-pyrrole nitrogens is 1. The number of nitrogens with one attached hydrogen (secondary N) is 3. The molecular weight excluding hydrogens is 537 g/mol. The van der Waals surface area contributed by atoms with Crippen molar-refractivity contribution in [2.45, 2.75) is 45.1 Å². The predicted octanol–water partition coefficient (Wildman–Crippen LogP) is 4.60. The first-order valence-corrected chi connectivity index (χ1v) is 12.4. The van der Waals surface area contributed by atoms with Crippen LogP contribution in [0, 0.1) is 5.92 Å². The van der Waals surface area contributed by atoms with E-state index in [1.807, 2.05) is 6.92 Å². The van der Waals surface area contributed by atoms with Gasteiger partial charge in [0.15, 0.2) is 5.75 Å². The molecule has 2 aliphatic rings. The standard InChI is InChI=1S/C25H23Cl2N5O6/c1-11-10-25(11)14-9-13(5-6-17(14)28-21(25)34)37-18-15(26)7-12(8-16(18)27)32-22(35)30-20(33)19(31-32)29-23(36)38-24(2,3)4/h5-9,11H,10H2,1-4H3,(H,28,34)(H,29,31,36)(H,30,33,35). The smallest absolute Gasteiger partial charge is 0.413 e. The summed E-state index contributed by atoms with van der Waals surface area (Å²) in [5.74, 6) is 0.298. The molecule has 1 fully saturated rings. The van der Waals surface area contributed by atoms with E-state index in [2.05, 4.69) is 20.7 Å². The van der Waals surface area contributed by atoms with E-state index in [1.165, 1.54) is 12.1 Å². The number of hydrogen-bond donors (Lipinski definition) is 3. The third kappa shape index (κ3) is 4.52. The molecule has 3 aromatic rings. The Balaban J connectivity index is 1.44.